The van der Waals surface area contributed by atoms with Crippen molar-refractivity contribution in [3.63, 3.8) is 0 Å². The molecule has 0 spiro atoms. The minimum atomic E-state index is -0.0658. The van der Waals surface area contributed by atoms with Crippen LogP contribution in [0, 0.1) is 0 Å². The first-order chi connectivity index (χ1) is 10.1. The molecule has 1 aromatic carbocycles. The second-order valence-electron chi connectivity index (χ2n) is 5.43. The lowest BCUT2D eigenvalue weighted by Crippen LogP contribution is -2.40. The van der Waals surface area contributed by atoms with Gasteiger partial charge in [-0.3, -0.25) is 9.59 Å². The fraction of sp³-hybridized carbons (Fsp3) is 0.500. The third-order valence-electron chi connectivity index (χ3n) is 4.09. The molecule has 1 aromatic rings. The topological polar surface area (TPSA) is 66.6 Å². The van der Waals surface area contributed by atoms with Crippen LogP contribution in [-0.4, -0.2) is 54.3 Å². The number of hydrogen-bond acceptors (Lipinski definition) is 3. The number of nitrogens with zero attached hydrogens (tertiary/aromatic N) is 2. The zero-order valence-corrected chi connectivity index (χ0v) is 13.9. The van der Waals surface area contributed by atoms with Crippen LogP contribution in [0.15, 0.2) is 24.3 Å². The maximum absolute atomic E-state index is 12.6. The number of rotatable bonds is 4. The van der Waals surface area contributed by atoms with Gasteiger partial charge in [0.1, 0.15) is 0 Å². The zero-order valence-electron chi connectivity index (χ0n) is 13.1. The lowest BCUT2D eigenvalue weighted by Gasteiger charge is -2.24. The molecule has 122 valence electrons. The van der Waals surface area contributed by atoms with E-state index >= 15 is 0 Å². The van der Waals surface area contributed by atoms with Crippen LogP contribution in [0.25, 0.3) is 0 Å². The van der Waals surface area contributed by atoms with Crippen molar-refractivity contribution in [3.8, 4) is 0 Å². The minimum absolute atomic E-state index is 0. The van der Waals surface area contributed by atoms with Crippen LogP contribution in [0.1, 0.15) is 40.5 Å². The molecular formula is C16H24ClN3O2. The second kappa shape index (κ2) is 8.15. The van der Waals surface area contributed by atoms with Gasteiger partial charge >= 0.3 is 0 Å². The van der Waals surface area contributed by atoms with Crippen molar-refractivity contribution in [3.05, 3.63) is 35.4 Å². The SMILES string of the molecule is CCN(C)C(=O)c1cccc(C(=O)N2CCCC2CN)c1.Cl. The van der Waals surface area contributed by atoms with Gasteiger partial charge in [0, 0.05) is 43.9 Å². The van der Waals surface area contributed by atoms with Gasteiger partial charge in [-0.25, -0.2) is 0 Å². The molecule has 1 aliphatic heterocycles. The molecule has 0 radical (unpaired) electrons. The van der Waals surface area contributed by atoms with E-state index in [9.17, 15) is 9.59 Å². The van der Waals surface area contributed by atoms with Gasteiger partial charge in [-0.15, -0.1) is 12.4 Å². The Labute approximate surface area is 137 Å². The molecule has 0 saturated carbocycles. The van der Waals surface area contributed by atoms with Gasteiger partial charge in [-0.2, -0.15) is 0 Å². The zero-order chi connectivity index (χ0) is 15.4. The van der Waals surface area contributed by atoms with Gasteiger partial charge in [0.15, 0.2) is 0 Å². The Morgan fingerprint density at radius 2 is 2.05 bits per heavy atom. The van der Waals surface area contributed by atoms with Crippen LogP contribution in [0.3, 0.4) is 0 Å². The fourth-order valence-electron chi connectivity index (χ4n) is 2.66. The van der Waals surface area contributed by atoms with E-state index in [1.807, 2.05) is 11.8 Å². The van der Waals surface area contributed by atoms with E-state index in [1.54, 1.807) is 36.2 Å². The first-order valence-electron chi connectivity index (χ1n) is 7.45. The van der Waals surface area contributed by atoms with Crippen molar-refractivity contribution in [2.24, 2.45) is 5.73 Å². The van der Waals surface area contributed by atoms with E-state index in [0.717, 1.165) is 19.4 Å². The monoisotopic (exact) mass is 325 g/mol. The van der Waals surface area contributed by atoms with Crippen LogP contribution in [-0.2, 0) is 0 Å². The predicted octanol–water partition coefficient (Wildman–Crippen LogP) is 1.76. The predicted molar refractivity (Wildman–Crippen MR) is 89.4 cm³/mol. The lowest BCUT2D eigenvalue weighted by atomic mass is 10.1. The van der Waals surface area contributed by atoms with Crippen molar-refractivity contribution in [2.45, 2.75) is 25.8 Å². The summed E-state index contributed by atoms with van der Waals surface area (Å²) in [7, 11) is 1.75. The molecule has 1 saturated heterocycles. The van der Waals surface area contributed by atoms with Crippen LogP contribution in [0.2, 0.25) is 0 Å². The van der Waals surface area contributed by atoms with Gasteiger partial charge < -0.3 is 15.5 Å². The maximum Gasteiger partial charge on any atom is 0.254 e. The highest BCUT2D eigenvalue weighted by Gasteiger charge is 2.28. The van der Waals surface area contributed by atoms with Crippen LogP contribution >= 0.6 is 12.4 Å². The molecule has 6 heteroatoms. The summed E-state index contributed by atoms with van der Waals surface area (Å²) in [6.07, 6.45) is 1.95. The average Bonchev–Trinajstić information content (AvgIpc) is 3.01. The van der Waals surface area contributed by atoms with Crippen molar-refractivity contribution < 1.29 is 9.59 Å². The summed E-state index contributed by atoms with van der Waals surface area (Å²) in [5.74, 6) is -0.0966. The van der Waals surface area contributed by atoms with Gasteiger partial charge in [-0.1, -0.05) is 6.07 Å². The highest BCUT2D eigenvalue weighted by molar-refractivity contribution is 5.99. The van der Waals surface area contributed by atoms with E-state index in [4.69, 9.17) is 5.73 Å². The quantitative estimate of drug-likeness (QED) is 0.917. The van der Waals surface area contributed by atoms with E-state index < -0.39 is 0 Å². The standard InChI is InChI=1S/C16H23N3O2.ClH/c1-3-18(2)15(20)12-6-4-7-13(10-12)16(21)19-9-5-8-14(19)11-17;/h4,6-7,10,14H,3,5,8-9,11,17H2,1-2H3;1H. The van der Waals surface area contributed by atoms with Crippen LogP contribution in [0.4, 0.5) is 0 Å². The number of amides is 2. The van der Waals surface area contributed by atoms with E-state index in [-0.39, 0.29) is 30.3 Å². The maximum atomic E-state index is 12.6. The summed E-state index contributed by atoms with van der Waals surface area (Å²) in [4.78, 5) is 28.2. The second-order valence-corrected chi connectivity index (χ2v) is 5.43. The van der Waals surface area contributed by atoms with Crippen LogP contribution < -0.4 is 5.73 Å². The molecule has 0 bridgehead atoms. The summed E-state index contributed by atoms with van der Waals surface area (Å²) in [5.41, 5.74) is 6.83. The Hall–Kier alpha value is -1.59. The lowest BCUT2D eigenvalue weighted by molar-refractivity contribution is 0.0741. The fourth-order valence-corrected chi connectivity index (χ4v) is 2.66. The normalized spacial score (nSPS) is 17.0. The number of benzene rings is 1. The minimum Gasteiger partial charge on any atom is -0.342 e. The molecule has 1 heterocycles. The molecule has 2 amide bonds. The Morgan fingerprint density at radius 1 is 1.36 bits per heavy atom. The van der Waals surface area contributed by atoms with Crippen LogP contribution in [0.5, 0.6) is 0 Å². The first kappa shape index (κ1) is 18.5. The van der Waals surface area contributed by atoms with Gasteiger partial charge in [0.25, 0.3) is 11.8 Å². The Bertz CT molecular complexity index is 536. The third kappa shape index (κ3) is 3.78. The smallest absolute Gasteiger partial charge is 0.254 e. The van der Waals surface area contributed by atoms with Gasteiger partial charge in [0.05, 0.1) is 0 Å². The van der Waals surface area contributed by atoms with E-state index in [0.29, 0.717) is 24.2 Å². The molecule has 1 atom stereocenters. The van der Waals surface area contributed by atoms with Crippen molar-refractivity contribution in [1.29, 1.82) is 0 Å². The molecule has 2 rings (SSSR count). The number of hydrogen-bond donors (Lipinski definition) is 1. The Balaban J connectivity index is 0.00000242. The molecule has 0 aliphatic carbocycles. The van der Waals surface area contributed by atoms with E-state index in [2.05, 4.69) is 0 Å². The number of carbonyl (C=O) groups excluding carboxylic acids is 2. The number of likely N-dealkylation sites (tertiary alicyclic amines) is 1. The van der Waals surface area contributed by atoms with Crippen molar-refractivity contribution >= 4 is 24.2 Å². The Kier molecular flexibility index (Phi) is 6.84. The molecule has 1 unspecified atom stereocenters. The highest BCUT2D eigenvalue weighted by atomic mass is 35.5. The summed E-state index contributed by atoms with van der Waals surface area (Å²) < 4.78 is 0. The average molecular weight is 326 g/mol. The molecule has 22 heavy (non-hydrogen) atoms. The molecule has 1 fully saturated rings. The molecular weight excluding hydrogens is 302 g/mol. The number of carbonyl (C=O) groups is 2. The third-order valence-corrected chi connectivity index (χ3v) is 4.09. The summed E-state index contributed by atoms with van der Waals surface area (Å²) >= 11 is 0. The number of nitrogens with two attached hydrogens (primary N) is 1. The van der Waals surface area contributed by atoms with Crippen molar-refractivity contribution in [2.75, 3.05) is 26.7 Å². The molecule has 2 N–H and O–H groups in total. The van der Waals surface area contributed by atoms with Crippen molar-refractivity contribution in [1.82, 2.24) is 9.80 Å². The first-order valence-corrected chi connectivity index (χ1v) is 7.45. The van der Waals surface area contributed by atoms with Gasteiger partial charge in [0.2, 0.25) is 0 Å². The largest absolute Gasteiger partial charge is 0.342 e. The summed E-state index contributed by atoms with van der Waals surface area (Å²) in [6.45, 7) is 3.79. The molecule has 1 aliphatic rings. The summed E-state index contributed by atoms with van der Waals surface area (Å²) in [5, 5.41) is 0. The molecule has 0 aromatic heterocycles. The molecule has 5 nitrogen and oxygen atoms in total. The van der Waals surface area contributed by atoms with E-state index in [1.165, 1.54) is 0 Å². The summed E-state index contributed by atoms with van der Waals surface area (Å²) in [6, 6.07) is 7.07. The Morgan fingerprint density at radius 3 is 2.68 bits per heavy atom. The number of halogens is 1. The highest BCUT2D eigenvalue weighted by Crippen LogP contribution is 2.20. The van der Waals surface area contributed by atoms with Gasteiger partial charge in [-0.05, 0) is 38.0 Å².